The summed E-state index contributed by atoms with van der Waals surface area (Å²) in [5.41, 5.74) is 0.901. The predicted octanol–water partition coefficient (Wildman–Crippen LogP) is 3.45. The smallest absolute Gasteiger partial charge is 0.261 e. The summed E-state index contributed by atoms with van der Waals surface area (Å²) >= 11 is 0. The number of rotatable bonds is 10. The summed E-state index contributed by atoms with van der Waals surface area (Å²) in [7, 11) is -7.75. The monoisotopic (exact) mass is 575 g/mol. The maximum atomic E-state index is 13.0. The Morgan fingerprint density at radius 3 is 2.15 bits per heavy atom. The van der Waals surface area contributed by atoms with Crippen LogP contribution in [0.5, 0.6) is 17.2 Å². The van der Waals surface area contributed by atoms with Crippen molar-refractivity contribution in [2.75, 3.05) is 40.4 Å². The van der Waals surface area contributed by atoms with Crippen LogP contribution in [-0.2, 0) is 24.8 Å². The normalized spacial score (nSPS) is 13.7. The molecule has 1 amide bonds. The summed E-state index contributed by atoms with van der Waals surface area (Å²) in [4.78, 5) is 13.0. The first-order valence-corrected chi connectivity index (χ1v) is 15.4. The number of nitrogens with one attached hydrogen (secondary N) is 2. The highest BCUT2D eigenvalue weighted by Crippen LogP contribution is 2.35. The van der Waals surface area contributed by atoms with Gasteiger partial charge in [-0.1, -0.05) is 0 Å². The van der Waals surface area contributed by atoms with E-state index in [-0.39, 0.29) is 10.6 Å². The second kappa shape index (κ2) is 11.4. The number of amides is 1. The SMILES string of the molecule is CCOc1ccc(NS(=O)(=O)c2ccc(NC(=O)[C@H](C)N(c3ccc4c(c3)OCCO4)S(C)(=O)=O)cc2)cc1. The van der Waals surface area contributed by atoms with Crippen molar-refractivity contribution in [1.82, 2.24) is 0 Å². The Hall–Kier alpha value is -3.97. The number of carbonyl (C=O) groups excluding carboxylic acids is 1. The molecule has 11 nitrogen and oxygen atoms in total. The molecule has 0 saturated carbocycles. The van der Waals surface area contributed by atoms with Gasteiger partial charge in [-0.05, 0) is 74.5 Å². The topological polar surface area (TPSA) is 140 Å². The molecule has 1 heterocycles. The van der Waals surface area contributed by atoms with Gasteiger partial charge in [-0.2, -0.15) is 0 Å². The first-order valence-electron chi connectivity index (χ1n) is 12.0. The average Bonchev–Trinajstić information content (AvgIpc) is 2.89. The summed E-state index contributed by atoms with van der Waals surface area (Å²) in [6, 6.07) is 15.5. The lowest BCUT2D eigenvalue weighted by atomic mass is 10.2. The number of ether oxygens (including phenoxy) is 3. The predicted molar refractivity (Wildman–Crippen MR) is 148 cm³/mol. The van der Waals surface area contributed by atoms with Crippen LogP contribution in [0.2, 0.25) is 0 Å². The second-order valence-electron chi connectivity index (χ2n) is 8.64. The number of anilines is 3. The molecule has 39 heavy (non-hydrogen) atoms. The van der Waals surface area contributed by atoms with E-state index in [1.54, 1.807) is 30.3 Å². The summed E-state index contributed by atoms with van der Waals surface area (Å²) < 4.78 is 70.7. The Labute approximate surface area is 227 Å². The zero-order valence-electron chi connectivity index (χ0n) is 21.6. The van der Waals surface area contributed by atoms with E-state index in [0.29, 0.717) is 48.4 Å². The van der Waals surface area contributed by atoms with Crippen LogP contribution in [0, 0.1) is 0 Å². The maximum Gasteiger partial charge on any atom is 0.261 e. The van der Waals surface area contributed by atoms with Gasteiger partial charge in [0.1, 0.15) is 25.0 Å². The van der Waals surface area contributed by atoms with Crippen molar-refractivity contribution in [1.29, 1.82) is 0 Å². The van der Waals surface area contributed by atoms with Crippen LogP contribution in [0.1, 0.15) is 13.8 Å². The van der Waals surface area contributed by atoms with Gasteiger partial charge in [0.25, 0.3) is 10.0 Å². The Kier molecular flexibility index (Phi) is 8.21. The quantitative estimate of drug-likeness (QED) is 0.375. The molecule has 13 heteroatoms. The van der Waals surface area contributed by atoms with E-state index in [9.17, 15) is 21.6 Å². The fourth-order valence-electron chi connectivity index (χ4n) is 3.94. The van der Waals surface area contributed by atoms with Crippen LogP contribution in [0.15, 0.2) is 71.6 Å². The standard InChI is InChI=1S/C26H29N3O8S2/c1-4-35-22-10-5-20(6-11-22)28-39(33,34)23-12-7-19(8-13-23)27-26(30)18(2)29(38(3,31)32)21-9-14-24-25(17-21)37-16-15-36-24/h5-14,17-18,28H,4,15-16H2,1-3H3,(H,27,30)/t18-/m0/s1. The zero-order valence-corrected chi connectivity index (χ0v) is 23.2. The molecule has 208 valence electrons. The molecule has 0 unspecified atom stereocenters. The number of fused-ring (bicyclic) bond motifs is 1. The van der Waals surface area contributed by atoms with Crippen molar-refractivity contribution in [2.45, 2.75) is 24.8 Å². The maximum absolute atomic E-state index is 13.0. The molecular formula is C26H29N3O8S2. The highest BCUT2D eigenvalue weighted by atomic mass is 32.2. The Morgan fingerprint density at radius 2 is 1.54 bits per heavy atom. The van der Waals surface area contributed by atoms with Crippen molar-refractivity contribution < 1.29 is 35.8 Å². The summed E-state index contributed by atoms with van der Waals surface area (Å²) in [5, 5.41) is 2.64. The fraction of sp³-hybridized carbons (Fsp3) is 0.269. The molecule has 1 atom stereocenters. The first kappa shape index (κ1) is 28.0. The van der Waals surface area contributed by atoms with Crippen LogP contribution >= 0.6 is 0 Å². The van der Waals surface area contributed by atoms with Crippen molar-refractivity contribution in [3.05, 3.63) is 66.7 Å². The Bertz CT molecular complexity index is 1540. The van der Waals surface area contributed by atoms with Crippen LogP contribution < -0.4 is 28.6 Å². The van der Waals surface area contributed by atoms with E-state index in [2.05, 4.69) is 10.0 Å². The van der Waals surface area contributed by atoms with Crippen LogP contribution in [0.3, 0.4) is 0 Å². The van der Waals surface area contributed by atoms with Crippen molar-refractivity contribution in [3.63, 3.8) is 0 Å². The van der Waals surface area contributed by atoms with Gasteiger partial charge < -0.3 is 19.5 Å². The third kappa shape index (κ3) is 6.73. The minimum atomic E-state index is -3.89. The van der Waals surface area contributed by atoms with Gasteiger partial charge in [0, 0.05) is 17.4 Å². The van der Waals surface area contributed by atoms with Crippen LogP contribution in [0.4, 0.5) is 17.1 Å². The molecule has 0 spiro atoms. The second-order valence-corrected chi connectivity index (χ2v) is 12.2. The van der Waals surface area contributed by atoms with Gasteiger partial charge >= 0.3 is 0 Å². The number of sulfonamides is 2. The molecule has 1 aliphatic heterocycles. The van der Waals surface area contributed by atoms with E-state index in [1.165, 1.54) is 43.3 Å². The van der Waals surface area contributed by atoms with Gasteiger partial charge in [-0.15, -0.1) is 0 Å². The molecular weight excluding hydrogens is 546 g/mol. The number of benzene rings is 3. The molecule has 3 aromatic carbocycles. The lowest BCUT2D eigenvalue weighted by molar-refractivity contribution is -0.116. The van der Waals surface area contributed by atoms with E-state index < -0.39 is 32.0 Å². The minimum absolute atomic E-state index is 0.0172. The summed E-state index contributed by atoms with van der Waals surface area (Å²) in [5.74, 6) is 0.884. The van der Waals surface area contributed by atoms with Crippen molar-refractivity contribution in [2.24, 2.45) is 0 Å². The molecule has 0 bridgehead atoms. The third-order valence-electron chi connectivity index (χ3n) is 5.72. The molecule has 4 rings (SSSR count). The largest absolute Gasteiger partial charge is 0.494 e. The minimum Gasteiger partial charge on any atom is -0.494 e. The molecule has 1 aliphatic rings. The van der Waals surface area contributed by atoms with Crippen molar-refractivity contribution in [3.8, 4) is 17.2 Å². The van der Waals surface area contributed by atoms with Gasteiger partial charge in [0.2, 0.25) is 15.9 Å². The van der Waals surface area contributed by atoms with E-state index in [1.807, 2.05) is 6.92 Å². The number of nitrogens with zero attached hydrogens (tertiary/aromatic N) is 1. The Balaban J connectivity index is 1.47. The molecule has 0 fully saturated rings. The van der Waals surface area contributed by atoms with Gasteiger partial charge in [0.05, 0.1) is 23.4 Å². The van der Waals surface area contributed by atoms with Crippen LogP contribution in [0.25, 0.3) is 0 Å². The summed E-state index contributed by atoms with van der Waals surface area (Å²) in [6.07, 6.45) is 1.00. The van der Waals surface area contributed by atoms with Gasteiger partial charge in [-0.3, -0.25) is 13.8 Å². The molecule has 0 radical (unpaired) electrons. The first-order chi connectivity index (χ1) is 18.5. The molecule has 0 saturated heterocycles. The average molecular weight is 576 g/mol. The number of carbonyl (C=O) groups is 1. The fourth-order valence-corrected chi connectivity index (χ4v) is 6.17. The Morgan fingerprint density at radius 1 is 0.923 bits per heavy atom. The van der Waals surface area contributed by atoms with E-state index >= 15 is 0 Å². The highest BCUT2D eigenvalue weighted by molar-refractivity contribution is 7.92. The summed E-state index contributed by atoms with van der Waals surface area (Å²) in [6.45, 7) is 4.51. The van der Waals surface area contributed by atoms with E-state index in [0.717, 1.165) is 10.6 Å². The molecule has 0 aromatic heterocycles. The van der Waals surface area contributed by atoms with Gasteiger partial charge in [0.15, 0.2) is 11.5 Å². The number of hydrogen-bond acceptors (Lipinski definition) is 8. The highest BCUT2D eigenvalue weighted by Gasteiger charge is 2.30. The lowest BCUT2D eigenvalue weighted by Crippen LogP contribution is -2.45. The van der Waals surface area contributed by atoms with Gasteiger partial charge in [-0.25, -0.2) is 16.8 Å². The van der Waals surface area contributed by atoms with Crippen molar-refractivity contribution >= 4 is 43.0 Å². The van der Waals surface area contributed by atoms with Crippen LogP contribution in [-0.4, -0.2) is 54.9 Å². The number of hydrogen-bond donors (Lipinski definition) is 2. The lowest BCUT2D eigenvalue weighted by Gasteiger charge is -2.29. The molecule has 0 aliphatic carbocycles. The van der Waals surface area contributed by atoms with E-state index in [4.69, 9.17) is 14.2 Å². The third-order valence-corrected chi connectivity index (χ3v) is 8.36. The zero-order chi connectivity index (χ0) is 28.2. The molecule has 3 aromatic rings. The molecule has 2 N–H and O–H groups in total.